The van der Waals surface area contributed by atoms with Gasteiger partial charge in [0.05, 0.1) is 11.0 Å². The van der Waals surface area contributed by atoms with Crippen molar-refractivity contribution < 1.29 is 31.1 Å². The minimum atomic E-state index is -5.81. The van der Waals surface area contributed by atoms with Crippen molar-refractivity contribution in [1.82, 2.24) is 14.5 Å². The highest BCUT2D eigenvalue weighted by molar-refractivity contribution is 5.95. The van der Waals surface area contributed by atoms with Crippen molar-refractivity contribution in [3.63, 3.8) is 0 Å². The molecule has 1 N–H and O–H groups in total. The molecule has 0 atom stereocenters. The van der Waals surface area contributed by atoms with E-state index in [9.17, 15) is 31.1 Å². The maximum atomic E-state index is 13.3. The van der Waals surface area contributed by atoms with Crippen LogP contribution in [0.2, 0.25) is 0 Å². The topological polar surface area (TPSA) is 50.2 Å². The maximum Gasteiger partial charge on any atom is 0.440 e. The summed E-state index contributed by atoms with van der Waals surface area (Å²) in [4.78, 5) is 15.5. The van der Waals surface area contributed by atoms with Gasteiger partial charge in [-0.3, -0.25) is 4.90 Å². The van der Waals surface area contributed by atoms with E-state index < -0.39 is 34.9 Å². The number of fused-ring (bicyclic) bond motifs is 3. The number of nitrogens with zero attached hydrogens (tertiary/aromatic N) is 3. The molecule has 0 aliphatic carbocycles. The van der Waals surface area contributed by atoms with Crippen molar-refractivity contribution >= 4 is 23.0 Å². The Kier molecular flexibility index (Phi) is 2.88. The molecule has 124 valence electrons. The van der Waals surface area contributed by atoms with Gasteiger partial charge in [0.2, 0.25) is 5.95 Å². The number of halogens is 6. The molecule has 3 rings (SSSR count). The average Bonchev–Trinajstić information content (AvgIpc) is 2.78. The molecule has 0 spiro atoms. The third-order valence-electron chi connectivity index (χ3n) is 3.66. The molecular formula is C12H8F6N4O. The first-order valence-corrected chi connectivity index (χ1v) is 6.18. The molecule has 2 aromatic rings. The molecule has 1 aromatic carbocycles. The Balaban J connectivity index is 2.31. The van der Waals surface area contributed by atoms with E-state index in [4.69, 9.17) is 0 Å². The molecule has 0 saturated heterocycles. The van der Waals surface area contributed by atoms with Crippen molar-refractivity contribution in [2.24, 2.45) is 0 Å². The van der Waals surface area contributed by atoms with Crippen LogP contribution < -0.4 is 5.32 Å². The van der Waals surface area contributed by atoms with E-state index >= 15 is 0 Å². The van der Waals surface area contributed by atoms with Gasteiger partial charge in [-0.25, -0.2) is 14.3 Å². The summed E-state index contributed by atoms with van der Waals surface area (Å²) < 4.78 is 80.2. The van der Waals surface area contributed by atoms with Crippen LogP contribution in [0.1, 0.15) is 0 Å². The molecule has 0 radical (unpaired) electrons. The Morgan fingerprint density at radius 1 is 1.09 bits per heavy atom. The lowest BCUT2D eigenvalue weighted by Gasteiger charge is -2.46. The van der Waals surface area contributed by atoms with Gasteiger partial charge in [0, 0.05) is 7.05 Å². The lowest BCUT2D eigenvalue weighted by atomic mass is 10.1. The zero-order chi connectivity index (χ0) is 17.2. The van der Waals surface area contributed by atoms with Crippen molar-refractivity contribution in [3.8, 4) is 0 Å². The summed E-state index contributed by atoms with van der Waals surface area (Å²) in [7, 11) is 0.439. The fourth-order valence-electron chi connectivity index (χ4n) is 2.53. The molecule has 1 aromatic heterocycles. The van der Waals surface area contributed by atoms with Crippen LogP contribution in [0.4, 0.5) is 37.1 Å². The number of nitrogens with one attached hydrogen (secondary N) is 1. The smallest absolute Gasteiger partial charge is 0.317 e. The minimum Gasteiger partial charge on any atom is -0.317 e. The molecule has 0 unspecified atom stereocenters. The summed E-state index contributed by atoms with van der Waals surface area (Å²) in [5, 5.41) is 1.37. The fourth-order valence-corrected chi connectivity index (χ4v) is 2.53. The van der Waals surface area contributed by atoms with Crippen LogP contribution >= 0.6 is 0 Å². The first kappa shape index (κ1) is 15.4. The normalized spacial score (nSPS) is 18.0. The number of imidazole rings is 1. The van der Waals surface area contributed by atoms with Gasteiger partial charge in [-0.1, -0.05) is 12.1 Å². The molecule has 11 heteroatoms. The van der Waals surface area contributed by atoms with Crippen LogP contribution in [0.15, 0.2) is 24.3 Å². The minimum absolute atomic E-state index is 0.0944. The van der Waals surface area contributed by atoms with Gasteiger partial charge >= 0.3 is 24.0 Å². The quantitative estimate of drug-likeness (QED) is 0.751. The third kappa shape index (κ3) is 1.82. The Labute approximate surface area is 124 Å². The summed E-state index contributed by atoms with van der Waals surface area (Å²) in [5.41, 5.74) is -4.35. The average molecular weight is 338 g/mol. The highest BCUT2D eigenvalue weighted by atomic mass is 19.4. The molecular weight excluding hydrogens is 330 g/mol. The summed E-state index contributed by atoms with van der Waals surface area (Å²) in [6, 6.07) is 4.24. The van der Waals surface area contributed by atoms with Gasteiger partial charge < -0.3 is 5.32 Å². The largest absolute Gasteiger partial charge is 0.440 e. The predicted octanol–water partition coefficient (Wildman–Crippen LogP) is 3.18. The lowest BCUT2D eigenvalue weighted by molar-refractivity contribution is -0.320. The van der Waals surface area contributed by atoms with Crippen LogP contribution in [0.3, 0.4) is 0 Å². The van der Waals surface area contributed by atoms with Crippen LogP contribution in [-0.4, -0.2) is 45.5 Å². The number of amides is 1. The van der Waals surface area contributed by atoms with Gasteiger partial charge in [-0.15, -0.1) is 0 Å². The monoisotopic (exact) mass is 338 g/mol. The number of hydrogen-bond acceptors (Lipinski definition) is 3. The zero-order valence-corrected chi connectivity index (χ0v) is 11.3. The van der Waals surface area contributed by atoms with Gasteiger partial charge in [0.25, 0.3) is 0 Å². The second-order valence-electron chi connectivity index (χ2n) is 4.93. The highest BCUT2D eigenvalue weighted by Gasteiger charge is 2.76. The predicted molar refractivity (Wildman–Crippen MR) is 66.8 cm³/mol. The van der Waals surface area contributed by atoms with Crippen molar-refractivity contribution in [3.05, 3.63) is 24.3 Å². The molecule has 0 saturated carbocycles. The van der Waals surface area contributed by atoms with Crippen molar-refractivity contribution in [2.75, 3.05) is 12.4 Å². The molecule has 1 aliphatic rings. The van der Waals surface area contributed by atoms with Crippen LogP contribution in [-0.2, 0) is 0 Å². The summed E-state index contributed by atoms with van der Waals surface area (Å²) in [6.07, 6.45) is -11.6. The highest BCUT2D eigenvalue weighted by Crippen LogP contribution is 2.49. The number of anilines is 1. The number of benzene rings is 1. The van der Waals surface area contributed by atoms with Gasteiger partial charge in [0.15, 0.2) is 0 Å². The fraction of sp³-hybridized carbons (Fsp3) is 0.333. The van der Waals surface area contributed by atoms with E-state index in [-0.39, 0.29) is 11.0 Å². The molecule has 5 nitrogen and oxygen atoms in total. The Morgan fingerprint density at radius 3 is 2.22 bits per heavy atom. The Morgan fingerprint density at radius 2 is 1.65 bits per heavy atom. The van der Waals surface area contributed by atoms with E-state index in [2.05, 4.69) is 4.98 Å². The number of rotatable bonds is 0. The van der Waals surface area contributed by atoms with E-state index in [1.807, 2.05) is 0 Å². The molecule has 23 heavy (non-hydrogen) atoms. The van der Waals surface area contributed by atoms with Crippen LogP contribution in [0.5, 0.6) is 0 Å². The zero-order valence-electron chi connectivity index (χ0n) is 11.3. The van der Waals surface area contributed by atoms with Crippen molar-refractivity contribution in [1.29, 1.82) is 0 Å². The molecule has 2 heterocycles. The van der Waals surface area contributed by atoms with E-state index in [0.29, 0.717) is 11.6 Å². The van der Waals surface area contributed by atoms with Crippen LogP contribution in [0, 0.1) is 0 Å². The van der Waals surface area contributed by atoms with E-state index in [1.54, 1.807) is 0 Å². The molecule has 1 amide bonds. The Bertz CT molecular complexity index is 779. The van der Waals surface area contributed by atoms with Gasteiger partial charge in [-0.2, -0.15) is 26.3 Å². The number of hydrogen-bond donors (Lipinski definition) is 1. The van der Waals surface area contributed by atoms with Gasteiger partial charge in [-0.05, 0) is 12.1 Å². The summed E-state index contributed by atoms with van der Waals surface area (Å²) in [5.74, 6) is -0.816. The number of alkyl halides is 6. The second-order valence-corrected chi connectivity index (χ2v) is 4.93. The number of aromatic nitrogens is 2. The number of carbonyl (C=O) groups excluding carboxylic acids is 1. The molecule has 0 fully saturated rings. The SMILES string of the molecule is CN1C(=O)n2c(nc3ccccc32)NC1(C(F)(F)F)C(F)(F)F. The number of para-hydroxylation sites is 2. The maximum absolute atomic E-state index is 13.3. The van der Waals surface area contributed by atoms with Crippen molar-refractivity contribution in [2.45, 2.75) is 18.0 Å². The molecule has 1 aliphatic heterocycles. The second kappa shape index (κ2) is 4.30. The lowest BCUT2D eigenvalue weighted by Crippen LogP contribution is -2.74. The third-order valence-corrected chi connectivity index (χ3v) is 3.66. The van der Waals surface area contributed by atoms with E-state index in [0.717, 1.165) is 0 Å². The van der Waals surface area contributed by atoms with Crippen LogP contribution in [0.25, 0.3) is 11.0 Å². The van der Waals surface area contributed by atoms with Gasteiger partial charge in [0.1, 0.15) is 0 Å². The van der Waals surface area contributed by atoms with E-state index in [1.165, 1.54) is 29.6 Å². The standard InChI is InChI=1S/C12H8F6N4O/c1-21-9(23)22-7-5-3-2-4-6(7)19-8(22)20-10(21,11(13,14)15)12(16,17)18/h2-5H,1H3,(H,19,20). The Hall–Kier alpha value is -2.46. The number of carbonyl (C=O) groups is 1. The summed E-state index contributed by atoms with van der Waals surface area (Å²) >= 11 is 0. The first-order chi connectivity index (χ1) is 10.5. The first-order valence-electron chi connectivity index (χ1n) is 6.18. The summed E-state index contributed by atoms with van der Waals surface area (Å²) in [6.45, 7) is 0. The molecule has 0 bridgehead atoms.